The first kappa shape index (κ1) is 33.3. The Kier molecular flexibility index (Phi) is 10.2. The summed E-state index contributed by atoms with van der Waals surface area (Å²) in [7, 11) is 0. The largest absolute Gasteiger partial charge is 0.251 e. The number of hydrogen-bond donors (Lipinski definition) is 0. The molecule has 3 heteroatoms. The molecule has 0 saturated carbocycles. The normalized spacial score (nSPS) is 15.7. The molecule has 1 heterocycles. The number of aliphatic imine (C=N–C) groups is 2. The molecule has 3 aromatic rings. The van der Waals surface area contributed by atoms with Crippen molar-refractivity contribution in [3.05, 3.63) is 136 Å². The molecule has 0 atom stereocenters. The van der Waals surface area contributed by atoms with Gasteiger partial charge < -0.3 is 0 Å². The minimum absolute atomic E-state index is 0.328. The lowest BCUT2D eigenvalue weighted by Gasteiger charge is -2.21. The molecule has 0 amide bonds. The number of hydrogen-bond acceptors (Lipinski definition) is 3. The first-order valence-corrected chi connectivity index (χ1v) is 17.1. The molecule has 0 saturated heterocycles. The summed E-state index contributed by atoms with van der Waals surface area (Å²) in [6.07, 6.45) is 17.6. The monoisotopic (exact) mass is 609 g/mol. The molecule has 2 aliphatic rings. The Morgan fingerprint density at radius 3 is 1.11 bits per heavy atom. The van der Waals surface area contributed by atoms with Crippen LogP contribution in [0.15, 0.2) is 101 Å². The maximum atomic E-state index is 5.31. The van der Waals surface area contributed by atoms with E-state index >= 15 is 0 Å². The topological polar surface area (TPSA) is 37.6 Å². The maximum Gasteiger partial charge on any atom is 0.0849 e. The van der Waals surface area contributed by atoms with Gasteiger partial charge in [0.1, 0.15) is 0 Å². The molecule has 2 aromatic carbocycles. The summed E-state index contributed by atoms with van der Waals surface area (Å²) in [5, 5.41) is 0. The number of aromatic nitrogens is 1. The summed E-state index contributed by atoms with van der Waals surface area (Å²) in [4.78, 5) is 15.8. The highest BCUT2D eigenvalue weighted by atomic mass is 14.8. The van der Waals surface area contributed by atoms with Crippen LogP contribution in [0.5, 0.6) is 0 Å². The van der Waals surface area contributed by atoms with Gasteiger partial charge in [-0.15, -0.1) is 0 Å². The fraction of sp³-hybridized carbons (Fsp3) is 0.372. The van der Waals surface area contributed by atoms with E-state index in [1.54, 1.807) is 0 Å². The number of benzene rings is 2. The van der Waals surface area contributed by atoms with E-state index in [-0.39, 0.29) is 0 Å². The SMILES string of the molecule is CC(=Nc1c(C(C)C)cc(C2C=CC=C2)cc1C(C)C)c1cccc(C(C)=Nc2c(C(C)C)cc(C3C=CC=C3)cc2C(C)C)n1. The van der Waals surface area contributed by atoms with Crippen molar-refractivity contribution < 1.29 is 0 Å². The molecule has 2 aliphatic carbocycles. The predicted octanol–water partition coefficient (Wildman–Crippen LogP) is 12.3. The van der Waals surface area contributed by atoms with Crippen LogP contribution < -0.4 is 0 Å². The second-order valence-electron chi connectivity index (χ2n) is 14.1. The van der Waals surface area contributed by atoms with Crippen LogP contribution in [0.4, 0.5) is 11.4 Å². The van der Waals surface area contributed by atoms with Crippen LogP contribution in [0.1, 0.15) is 150 Å². The van der Waals surface area contributed by atoms with Crippen LogP contribution in [-0.4, -0.2) is 16.4 Å². The van der Waals surface area contributed by atoms with E-state index in [4.69, 9.17) is 15.0 Å². The van der Waals surface area contributed by atoms with Crippen molar-refractivity contribution in [2.75, 3.05) is 0 Å². The van der Waals surface area contributed by atoms with Crippen molar-refractivity contribution in [3.8, 4) is 0 Å². The zero-order valence-corrected chi connectivity index (χ0v) is 29.5. The fourth-order valence-corrected chi connectivity index (χ4v) is 6.41. The van der Waals surface area contributed by atoms with Gasteiger partial charge in [0.05, 0.1) is 34.2 Å². The van der Waals surface area contributed by atoms with Gasteiger partial charge in [0, 0.05) is 11.8 Å². The van der Waals surface area contributed by atoms with Gasteiger partial charge in [0.15, 0.2) is 0 Å². The van der Waals surface area contributed by atoms with Crippen molar-refractivity contribution >= 4 is 22.8 Å². The molecule has 0 radical (unpaired) electrons. The molecule has 0 aliphatic heterocycles. The van der Waals surface area contributed by atoms with Crippen molar-refractivity contribution in [2.24, 2.45) is 9.98 Å². The Labute approximate surface area is 277 Å². The molecule has 0 spiro atoms. The first-order chi connectivity index (χ1) is 21.9. The van der Waals surface area contributed by atoms with E-state index in [0.717, 1.165) is 34.2 Å². The number of allylic oxidation sites excluding steroid dienone is 8. The molecule has 0 unspecified atom stereocenters. The quantitative estimate of drug-likeness (QED) is 0.211. The van der Waals surface area contributed by atoms with Gasteiger partial charge in [0.25, 0.3) is 0 Å². The zero-order chi connectivity index (χ0) is 33.1. The lowest BCUT2D eigenvalue weighted by Crippen LogP contribution is -2.07. The third kappa shape index (κ3) is 7.15. The van der Waals surface area contributed by atoms with Gasteiger partial charge in [-0.1, -0.05) is 134 Å². The van der Waals surface area contributed by atoms with Crippen LogP contribution in [0.3, 0.4) is 0 Å². The number of pyridine rings is 1. The van der Waals surface area contributed by atoms with E-state index in [1.165, 1.54) is 33.4 Å². The van der Waals surface area contributed by atoms with Gasteiger partial charge in [-0.05, 0) is 83.0 Å². The van der Waals surface area contributed by atoms with Gasteiger partial charge in [0.2, 0.25) is 0 Å². The summed E-state index contributed by atoms with van der Waals surface area (Å²) in [5.74, 6) is 2.06. The number of nitrogens with zero attached hydrogens (tertiary/aromatic N) is 3. The molecule has 238 valence electrons. The number of rotatable bonds is 10. The van der Waals surface area contributed by atoms with Crippen LogP contribution in [0.2, 0.25) is 0 Å². The Hall–Kier alpha value is -4.11. The Bertz CT molecular complexity index is 1560. The van der Waals surface area contributed by atoms with Gasteiger partial charge in [-0.2, -0.15) is 0 Å². The van der Waals surface area contributed by atoms with E-state index in [2.05, 4.69) is 160 Å². The molecule has 0 bridgehead atoms. The lowest BCUT2D eigenvalue weighted by atomic mass is 9.87. The van der Waals surface area contributed by atoms with Crippen LogP contribution >= 0.6 is 0 Å². The average Bonchev–Trinajstić information content (AvgIpc) is 3.76. The molecule has 5 rings (SSSR count). The highest BCUT2D eigenvalue weighted by molar-refractivity contribution is 6.02. The lowest BCUT2D eigenvalue weighted by molar-refractivity contribution is 0.827. The Morgan fingerprint density at radius 1 is 0.522 bits per heavy atom. The van der Waals surface area contributed by atoms with E-state index < -0.39 is 0 Å². The standard InChI is InChI=1S/C43H51N3/c1-26(2)36-22-34(32-16-11-12-17-32)23-37(27(3)4)42(36)44-30(9)40-20-15-21-41(46-40)31(10)45-43-38(28(5)6)24-35(25-39(43)29(7)8)33-18-13-14-19-33/h11-29,32-33H,1-10H3. The molecular weight excluding hydrogens is 558 g/mol. The minimum atomic E-state index is 0.328. The molecule has 46 heavy (non-hydrogen) atoms. The van der Waals surface area contributed by atoms with Crippen molar-refractivity contribution in [1.82, 2.24) is 4.98 Å². The van der Waals surface area contributed by atoms with E-state index in [0.29, 0.717) is 35.5 Å². The molecular formula is C43H51N3. The Morgan fingerprint density at radius 2 is 0.826 bits per heavy atom. The fourth-order valence-electron chi connectivity index (χ4n) is 6.41. The molecule has 3 nitrogen and oxygen atoms in total. The van der Waals surface area contributed by atoms with Crippen molar-refractivity contribution in [1.29, 1.82) is 0 Å². The third-order valence-corrected chi connectivity index (χ3v) is 9.19. The van der Waals surface area contributed by atoms with Crippen LogP contribution in [0.25, 0.3) is 0 Å². The van der Waals surface area contributed by atoms with Crippen LogP contribution in [-0.2, 0) is 0 Å². The zero-order valence-electron chi connectivity index (χ0n) is 29.5. The third-order valence-electron chi connectivity index (χ3n) is 9.19. The van der Waals surface area contributed by atoms with E-state index in [1.807, 2.05) is 0 Å². The van der Waals surface area contributed by atoms with Crippen LogP contribution in [0, 0.1) is 0 Å². The molecule has 0 N–H and O–H groups in total. The summed E-state index contributed by atoms with van der Waals surface area (Å²) < 4.78 is 0. The predicted molar refractivity (Wildman–Crippen MR) is 199 cm³/mol. The van der Waals surface area contributed by atoms with Gasteiger partial charge >= 0.3 is 0 Å². The highest BCUT2D eigenvalue weighted by Gasteiger charge is 2.21. The smallest absolute Gasteiger partial charge is 0.0849 e. The minimum Gasteiger partial charge on any atom is -0.251 e. The van der Waals surface area contributed by atoms with Crippen molar-refractivity contribution in [2.45, 2.75) is 105 Å². The maximum absolute atomic E-state index is 5.31. The summed E-state index contributed by atoms with van der Waals surface area (Å²) >= 11 is 0. The summed E-state index contributed by atoms with van der Waals surface area (Å²) in [5.41, 5.74) is 13.6. The Balaban J connectivity index is 1.56. The van der Waals surface area contributed by atoms with E-state index in [9.17, 15) is 0 Å². The molecule has 1 aromatic heterocycles. The second-order valence-corrected chi connectivity index (χ2v) is 14.1. The second kappa shape index (κ2) is 14.1. The summed E-state index contributed by atoms with van der Waals surface area (Å²) in [6.45, 7) is 22.3. The van der Waals surface area contributed by atoms with Gasteiger partial charge in [-0.25, -0.2) is 4.98 Å². The van der Waals surface area contributed by atoms with Gasteiger partial charge in [-0.3, -0.25) is 9.98 Å². The van der Waals surface area contributed by atoms with Crippen molar-refractivity contribution in [3.63, 3.8) is 0 Å². The first-order valence-electron chi connectivity index (χ1n) is 17.1. The highest BCUT2D eigenvalue weighted by Crippen LogP contribution is 2.41. The molecule has 0 fully saturated rings. The average molecular weight is 610 g/mol. The summed E-state index contributed by atoms with van der Waals surface area (Å²) in [6, 6.07) is 15.7.